The van der Waals surface area contributed by atoms with Gasteiger partial charge in [0.1, 0.15) is 5.69 Å². The van der Waals surface area contributed by atoms with Crippen LogP contribution in [0.3, 0.4) is 0 Å². The lowest BCUT2D eigenvalue weighted by Crippen LogP contribution is -2.18. The molecular weight excluding hydrogens is 324 g/mol. The van der Waals surface area contributed by atoms with Gasteiger partial charge >= 0.3 is 5.97 Å². The van der Waals surface area contributed by atoms with Crippen LogP contribution in [0.25, 0.3) is 0 Å². The molecule has 2 N–H and O–H groups in total. The summed E-state index contributed by atoms with van der Waals surface area (Å²) in [6.07, 6.45) is 0. The summed E-state index contributed by atoms with van der Waals surface area (Å²) in [5.41, 5.74) is 1.73. The highest BCUT2D eigenvalue weighted by Gasteiger charge is 2.16. The van der Waals surface area contributed by atoms with Crippen LogP contribution in [0.4, 0.5) is 5.69 Å². The fourth-order valence-electron chi connectivity index (χ4n) is 1.83. The van der Waals surface area contributed by atoms with E-state index < -0.39 is 5.97 Å². The molecule has 1 amide bonds. The Hall–Kier alpha value is -2.08. The normalized spacial score (nSPS) is 10.3. The quantitative estimate of drug-likeness (QED) is 0.904. The van der Waals surface area contributed by atoms with E-state index in [1.165, 1.54) is 6.07 Å². The Morgan fingerprint density at radius 1 is 1.25 bits per heavy atom. The van der Waals surface area contributed by atoms with Crippen molar-refractivity contribution >= 4 is 33.5 Å². The largest absolute Gasteiger partial charge is 0.478 e. The lowest BCUT2D eigenvalue weighted by molar-refractivity contribution is 0.0698. The van der Waals surface area contributed by atoms with Gasteiger partial charge in [0.2, 0.25) is 0 Å². The number of carboxylic acid groups (broad SMARTS) is 1. The van der Waals surface area contributed by atoms with Crippen LogP contribution >= 0.6 is 15.9 Å². The maximum atomic E-state index is 12.2. The minimum atomic E-state index is -1.09. The molecule has 0 aliphatic carbocycles. The van der Waals surface area contributed by atoms with Gasteiger partial charge in [-0.25, -0.2) is 4.79 Å². The van der Waals surface area contributed by atoms with Crippen molar-refractivity contribution < 1.29 is 14.7 Å². The molecule has 1 heterocycles. The molecule has 0 saturated carbocycles. The first kappa shape index (κ1) is 14.3. The number of nitrogens with one attached hydrogen (secondary N) is 1. The van der Waals surface area contributed by atoms with Crippen LogP contribution in [0.15, 0.2) is 34.8 Å². The van der Waals surface area contributed by atoms with Gasteiger partial charge in [-0.2, -0.15) is 0 Å². The minimum Gasteiger partial charge on any atom is -0.478 e. The van der Waals surface area contributed by atoms with Gasteiger partial charge in [0, 0.05) is 17.2 Å². The lowest BCUT2D eigenvalue weighted by Gasteiger charge is -2.10. The molecule has 0 atom stereocenters. The lowest BCUT2D eigenvalue weighted by atomic mass is 10.2. The first-order valence-electron chi connectivity index (χ1n) is 5.86. The van der Waals surface area contributed by atoms with Crippen molar-refractivity contribution in [1.29, 1.82) is 0 Å². The Kier molecular flexibility index (Phi) is 3.94. The number of anilines is 1. The average molecular weight is 337 g/mol. The van der Waals surface area contributed by atoms with Crippen LogP contribution in [0.1, 0.15) is 26.5 Å². The van der Waals surface area contributed by atoms with E-state index in [9.17, 15) is 9.59 Å². The molecule has 0 spiro atoms. The molecule has 6 heteroatoms. The van der Waals surface area contributed by atoms with E-state index in [-0.39, 0.29) is 17.2 Å². The van der Waals surface area contributed by atoms with Crippen molar-refractivity contribution in [1.82, 2.24) is 4.57 Å². The van der Waals surface area contributed by atoms with Gasteiger partial charge in [-0.15, -0.1) is 0 Å². The number of carboxylic acids is 1. The molecule has 0 saturated heterocycles. The third kappa shape index (κ3) is 2.75. The smallest absolute Gasteiger partial charge is 0.337 e. The summed E-state index contributed by atoms with van der Waals surface area (Å²) in [7, 11) is 1.78. The molecule has 1 aromatic carbocycles. The Labute approximate surface area is 124 Å². The van der Waals surface area contributed by atoms with E-state index in [2.05, 4.69) is 21.2 Å². The summed E-state index contributed by atoms with van der Waals surface area (Å²) in [5, 5.41) is 11.8. The van der Waals surface area contributed by atoms with Crippen LogP contribution in [0.5, 0.6) is 0 Å². The predicted octanol–water partition coefficient (Wildman–Crippen LogP) is 3.05. The molecule has 2 rings (SSSR count). The number of benzene rings is 1. The molecule has 0 radical (unpaired) electrons. The molecule has 5 nitrogen and oxygen atoms in total. The highest BCUT2D eigenvalue weighted by Crippen LogP contribution is 2.22. The van der Waals surface area contributed by atoms with Crippen LogP contribution < -0.4 is 5.32 Å². The second kappa shape index (κ2) is 5.50. The number of aromatic carboxylic acids is 1. The number of halogens is 1. The molecule has 0 aliphatic heterocycles. The van der Waals surface area contributed by atoms with Crippen molar-refractivity contribution in [2.45, 2.75) is 6.92 Å². The molecule has 0 unspecified atom stereocenters. The number of aryl methyl sites for hydroxylation is 1. The maximum Gasteiger partial charge on any atom is 0.337 e. The van der Waals surface area contributed by atoms with Crippen molar-refractivity contribution in [2.75, 3.05) is 5.32 Å². The van der Waals surface area contributed by atoms with Gasteiger partial charge in [-0.3, -0.25) is 4.79 Å². The third-order valence-electron chi connectivity index (χ3n) is 3.07. The van der Waals surface area contributed by atoms with Crippen molar-refractivity contribution in [3.63, 3.8) is 0 Å². The van der Waals surface area contributed by atoms with E-state index in [4.69, 9.17) is 5.11 Å². The van der Waals surface area contributed by atoms with Gasteiger partial charge in [-0.05, 0) is 37.3 Å². The van der Waals surface area contributed by atoms with Crippen LogP contribution in [0, 0.1) is 6.92 Å². The molecule has 0 aliphatic rings. The molecule has 2 aromatic rings. The number of rotatable bonds is 3. The maximum absolute atomic E-state index is 12.2. The standard InChI is InChI=1S/C14H13BrN2O3/c1-8-3-6-12(17(8)2)13(18)16-11-7-9(15)4-5-10(11)14(19)20/h3-7H,1-2H3,(H,16,18)(H,19,20). The van der Waals surface area contributed by atoms with Gasteiger partial charge in [0.05, 0.1) is 11.3 Å². The molecule has 20 heavy (non-hydrogen) atoms. The predicted molar refractivity (Wildman–Crippen MR) is 79.2 cm³/mol. The Morgan fingerprint density at radius 3 is 2.50 bits per heavy atom. The molecule has 1 aromatic heterocycles. The summed E-state index contributed by atoms with van der Waals surface area (Å²) >= 11 is 3.26. The summed E-state index contributed by atoms with van der Waals surface area (Å²) in [6, 6.07) is 8.15. The second-order valence-corrected chi connectivity index (χ2v) is 5.28. The number of aromatic nitrogens is 1. The molecule has 0 fully saturated rings. The fraction of sp³-hybridized carbons (Fsp3) is 0.143. The summed E-state index contributed by atoms with van der Waals surface area (Å²) < 4.78 is 2.44. The van der Waals surface area contributed by atoms with Gasteiger partial charge in [0.25, 0.3) is 5.91 Å². The van der Waals surface area contributed by atoms with Gasteiger partial charge in [0.15, 0.2) is 0 Å². The zero-order chi connectivity index (χ0) is 14.9. The molecular formula is C14H13BrN2O3. The number of carbonyl (C=O) groups is 2. The zero-order valence-electron chi connectivity index (χ0n) is 11.0. The molecule has 0 bridgehead atoms. The second-order valence-electron chi connectivity index (χ2n) is 4.37. The first-order valence-corrected chi connectivity index (χ1v) is 6.66. The van der Waals surface area contributed by atoms with E-state index >= 15 is 0 Å². The Bertz CT molecular complexity index is 692. The number of carbonyl (C=O) groups excluding carboxylic acids is 1. The van der Waals surface area contributed by atoms with Crippen molar-refractivity contribution in [3.8, 4) is 0 Å². The number of hydrogen-bond acceptors (Lipinski definition) is 2. The van der Waals surface area contributed by atoms with Gasteiger partial charge in [-0.1, -0.05) is 15.9 Å². The monoisotopic (exact) mass is 336 g/mol. The molecule has 104 valence electrons. The average Bonchev–Trinajstić information content (AvgIpc) is 2.69. The Balaban J connectivity index is 2.35. The van der Waals surface area contributed by atoms with Gasteiger partial charge < -0.3 is 15.0 Å². The third-order valence-corrected chi connectivity index (χ3v) is 3.56. The first-order chi connectivity index (χ1) is 9.40. The number of nitrogens with zero attached hydrogens (tertiary/aromatic N) is 1. The number of amides is 1. The number of hydrogen-bond donors (Lipinski definition) is 2. The minimum absolute atomic E-state index is 0.0486. The topological polar surface area (TPSA) is 71.3 Å². The summed E-state index contributed by atoms with van der Waals surface area (Å²) in [4.78, 5) is 23.3. The summed E-state index contributed by atoms with van der Waals surface area (Å²) in [5.74, 6) is -1.43. The van der Waals surface area contributed by atoms with E-state index in [1.54, 1.807) is 29.8 Å². The van der Waals surface area contributed by atoms with Crippen molar-refractivity contribution in [2.24, 2.45) is 7.05 Å². The summed E-state index contributed by atoms with van der Waals surface area (Å²) in [6.45, 7) is 1.89. The van der Waals surface area contributed by atoms with Crippen LogP contribution in [-0.4, -0.2) is 21.6 Å². The zero-order valence-corrected chi connectivity index (χ0v) is 12.6. The van der Waals surface area contributed by atoms with Crippen LogP contribution in [0.2, 0.25) is 0 Å². The van der Waals surface area contributed by atoms with Crippen molar-refractivity contribution in [3.05, 3.63) is 51.8 Å². The van der Waals surface area contributed by atoms with Crippen LogP contribution in [-0.2, 0) is 7.05 Å². The Morgan fingerprint density at radius 2 is 1.95 bits per heavy atom. The highest BCUT2D eigenvalue weighted by molar-refractivity contribution is 9.10. The van der Waals surface area contributed by atoms with E-state index in [0.717, 1.165) is 5.69 Å². The fourth-order valence-corrected chi connectivity index (χ4v) is 2.19. The van der Waals surface area contributed by atoms with E-state index in [1.807, 2.05) is 13.0 Å². The van der Waals surface area contributed by atoms with E-state index in [0.29, 0.717) is 10.2 Å². The highest BCUT2D eigenvalue weighted by atomic mass is 79.9. The SMILES string of the molecule is Cc1ccc(C(=O)Nc2cc(Br)ccc2C(=O)O)n1C.